The van der Waals surface area contributed by atoms with Crippen molar-refractivity contribution < 1.29 is 9.90 Å². The normalized spacial score (nSPS) is 13.4. The van der Waals surface area contributed by atoms with Crippen LogP contribution in [0.1, 0.15) is 46.5 Å². The molecule has 0 atom stereocenters. The summed E-state index contributed by atoms with van der Waals surface area (Å²) in [6.45, 7) is 5.73. The molecule has 0 fully saturated rings. The molecule has 0 bridgehead atoms. The van der Waals surface area contributed by atoms with E-state index in [4.69, 9.17) is 0 Å². The minimum Gasteiger partial charge on any atom is -0.389 e. The van der Waals surface area contributed by atoms with Crippen LogP contribution in [0.25, 0.3) is 0 Å². The molecule has 0 heterocycles. The van der Waals surface area contributed by atoms with E-state index in [9.17, 15) is 9.90 Å². The molecular formula is C20H31NO2. The molecule has 0 aliphatic carbocycles. The van der Waals surface area contributed by atoms with Crippen molar-refractivity contribution in [3.05, 3.63) is 60.8 Å². The lowest BCUT2D eigenvalue weighted by Gasteiger charge is -2.16. The van der Waals surface area contributed by atoms with E-state index in [0.29, 0.717) is 0 Å². The zero-order chi connectivity index (χ0) is 17.4. The Bertz CT molecular complexity index is 449. The van der Waals surface area contributed by atoms with Crippen molar-refractivity contribution in [3.63, 3.8) is 0 Å². The molecule has 0 radical (unpaired) electrons. The third-order valence-electron chi connectivity index (χ3n) is 2.75. The van der Waals surface area contributed by atoms with Gasteiger partial charge in [-0.15, -0.1) is 0 Å². The van der Waals surface area contributed by atoms with Crippen LogP contribution in [0.5, 0.6) is 0 Å². The Morgan fingerprint density at radius 3 is 2.00 bits per heavy atom. The van der Waals surface area contributed by atoms with Crippen LogP contribution in [-0.4, -0.2) is 23.2 Å². The van der Waals surface area contributed by atoms with Gasteiger partial charge in [-0.25, -0.2) is 0 Å². The number of allylic oxidation sites excluding steroid dienone is 9. The third kappa shape index (κ3) is 18.1. The second-order valence-corrected chi connectivity index (χ2v) is 5.92. The van der Waals surface area contributed by atoms with Gasteiger partial charge in [-0.3, -0.25) is 4.79 Å². The predicted octanol–water partition coefficient (Wildman–Crippen LogP) is 4.23. The lowest BCUT2D eigenvalue weighted by atomic mass is 10.1. The quantitative estimate of drug-likeness (QED) is 0.340. The van der Waals surface area contributed by atoms with Gasteiger partial charge in [0.2, 0.25) is 5.91 Å². The van der Waals surface area contributed by atoms with Crippen molar-refractivity contribution >= 4 is 5.91 Å². The van der Waals surface area contributed by atoms with E-state index < -0.39 is 5.60 Å². The molecule has 0 aliphatic rings. The number of unbranched alkanes of at least 4 members (excludes halogenated alkanes) is 2. The summed E-state index contributed by atoms with van der Waals surface area (Å²) in [5.41, 5.74) is -0.876. The predicted molar refractivity (Wildman–Crippen MR) is 99.1 cm³/mol. The highest BCUT2D eigenvalue weighted by Crippen LogP contribution is 1.98. The number of hydrogen-bond donors (Lipinski definition) is 2. The summed E-state index contributed by atoms with van der Waals surface area (Å²) in [7, 11) is 0. The lowest BCUT2D eigenvalue weighted by molar-refractivity contribution is -0.117. The first-order valence-corrected chi connectivity index (χ1v) is 8.27. The number of amides is 1. The van der Waals surface area contributed by atoms with Crippen LogP contribution in [0.2, 0.25) is 0 Å². The molecule has 0 aromatic rings. The van der Waals surface area contributed by atoms with Gasteiger partial charge in [0.1, 0.15) is 0 Å². The first-order valence-electron chi connectivity index (χ1n) is 8.27. The van der Waals surface area contributed by atoms with Crippen LogP contribution < -0.4 is 5.32 Å². The molecule has 0 unspecified atom stereocenters. The summed E-state index contributed by atoms with van der Waals surface area (Å²) in [5.74, 6) is -0.169. The minimum atomic E-state index is -0.876. The number of carbonyl (C=O) groups excluding carboxylic acids is 1. The number of carbonyl (C=O) groups is 1. The molecule has 0 aliphatic heterocycles. The van der Waals surface area contributed by atoms with Gasteiger partial charge in [0.15, 0.2) is 0 Å². The van der Waals surface area contributed by atoms with E-state index in [1.807, 2.05) is 36.5 Å². The molecule has 3 heteroatoms. The van der Waals surface area contributed by atoms with Crippen molar-refractivity contribution in [2.45, 2.75) is 52.1 Å². The van der Waals surface area contributed by atoms with E-state index in [2.05, 4.69) is 30.5 Å². The van der Waals surface area contributed by atoms with Gasteiger partial charge in [0, 0.05) is 6.54 Å². The van der Waals surface area contributed by atoms with Gasteiger partial charge in [-0.05, 0) is 39.2 Å². The van der Waals surface area contributed by atoms with Gasteiger partial charge in [-0.2, -0.15) is 0 Å². The van der Waals surface area contributed by atoms with Crippen LogP contribution >= 0.6 is 0 Å². The van der Waals surface area contributed by atoms with Gasteiger partial charge in [0.25, 0.3) is 0 Å². The average molecular weight is 317 g/mol. The Hall–Kier alpha value is -1.87. The highest BCUT2D eigenvalue weighted by molar-refractivity contribution is 5.87. The number of aliphatic hydroxyl groups is 1. The first kappa shape index (κ1) is 21.1. The van der Waals surface area contributed by atoms with Gasteiger partial charge in [0.05, 0.1) is 5.60 Å². The maximum atomic E-state index is 11.4. The molecule has 0 aromatic heterocycles. The molecular weight excluding hydrogens is 286 g/mol. The summed E-state index contributed by atoms with van der Waals surface area (Å²) < 4.78 is 0. The maximum Gasteiger partial charge on any atom is 0.243 e. The molecule has 23 heavy (non-hydrogen) atoms. The van der Waals surface area contributed by atoms with Gasteiger partial charge < -0.3 is 10.4 Å². The Balaban J connectivity index is 3.74. The van der Waals surface area contributed by atoms with Crippen molar-refractivity contribution in [2.24, 2.45) is 0 Å². The van der Waals surface area contributed by atoms with Gasteiger partial charge >= 0.3 is 0 Å². The van der Waals surface area contributed by atoms with E-state index in [-0.39, 0.29) is 12.5 Å². The van der Waals surface area contributed by atoms with E-state index in [1.165, 1.54) is 12.5 Å². The fraction of sp³-hybridized carbons (Fsp3) is 0.450. The fourth-order valence-corrected chi connectivity index (χ4v) is 1.52. The zero-order valence-electron chi connectivity index (χ0n) is 14.7. The summed E-state index contributed by atoms with van der Waals surface area (Å²) >= 11 is 0. The largest absolute Gasteiger partial charge is 0.389 e. The Morgan fingerprint density at radius 1 is 0.913 bits per heavy atom. The van der Waals surface area contributed by atoms with Crippen molar-refractivity contribution in [3.8, 4) is 0 Å². The second-order valence-electron chi connectivity index (χ2n) is 5.92. The van der Waals surface area contributed by atoms with Crippen LogP contribution in [-0.2, 0) is 4.79 Å². The van der Waals surface area contributed by atoms with Crippen LogP contribution in [0, 0.1) is 0 Å². The summed E-state index contributed by atoms with van der Waals surface area (Å²) in [6.07, 6.45) is 23.7. The van der Waals surface area contributed by atoms with Crippen LogP contribution in [0.3, 0.4) is 0 Å². The molecule has 2 N–H and O–H groups in total. The molecule has 0 spiro atoms. The van der Waals surface area contributed by atoms with Crippen molar-refractivity contribution in [1.29, 1.82) is 0 Å². The van der Waals surface area contributed by atoms with Gasteiger partial charge in [-0.1, -0.05) is 68.0 Å². The summed E-state index contributed by atoms with van der Waals surface area (Å²) in [4.78, 5) is 11.4. The molecule has 128 valence electrons. The molecule has 0 aromatic carbocycles. The minimum absolute atomic E-state index is 0.169. The van der Waals surface area contributed by atoms with E-state index >= 15 is 0 Å². The second kappa shape index (κ2) is 13.8. The SMILES string of the molecule is CCCC=CC=CC=CC=CCCC=CC(=O)NCC(C)(C)O. The smallest absolute Gasteiger partial charge is 0.243 e. The van der Waals surface area contributed by atoms with E-state index in [0.717, 1.165) is 19.3 Å². The highest BCUT2D eigenvalue weighted by atomic mass is 16.3. The van der Waals surface area contributed by atoms with Crippen molar-refractivity contribution in [1.82, 2.24) is 5.32 Å². The number of rotatable bonds is 11. The van der Waals surface area contributed by atoms with Crippen LogP contribution in [0.15, 0.2) is 60.8 Å². The lowest BCUT2D eigenvalue weighted by Crippen LogP contribution is -2.37. The third-order valence-corrected chi connectivity index (χ3v) is 2.75. The standard InChI is InChI=1S/C20H31NO2/c1-4-5-6-7-8-9-10-11-12-13-14-15-16-17-19(22)21-18-20(2,3)23/h6-13,16-17,23H,4-5,14-15,18H2,1-3H3,(H,21,22). The monoisotopic (exact) mass is 317 g/mol. The zero-order valence-corrected chi connectivity index (χ0v) is 14.7. The highest BCUT2D eigenvalue weighted by Gasteiger charge is 2.12. The molecule has 1 amide bonds. The molecule has 0 saturated heterocycles. The molecule has 0 saturated carbocycles. The Kier molecular flexibility index (Phi) is 12.7. The number of hydrogen-bond acceptors (Lipinski definition) is 2. The molecule has 0 rings (SSSR count). The van der Waals surface area contributed by atoms with Crippen LogP contribution in [0.4, 0.5) is 0 Å². The van der Waals surface area contributed by atoms with Crippen molar-refractivity contribution in [2.75, 3.05) is 6.54 Å². The number of nitrogens with one attached hydrogen (secondary N) is 1. The maximum absolute atomic E-state index is 11.4. The Labute approximate surface area is 141 Å². The fourth-order valence-electron chi connectivity index (χ4n) is 1.52. The van der Waals surface area contributed by atoms with E-state index in [1.54, 1.807) is 13.8 Å². The molecule has 3 nitrogen and oxygen atoms in total. The average Bonchev–Trinajstić information content (AvgIpc) is 2.49. The first-order chi connectivity index (χ1) is 11.0. The summed E-state index contributed by atoms with van der Waals surface area (Å²) in [6, 6.07) is 0. The Morgan fingerprint density at radius 2 is 1.43 bits per heavy atom. The summed E-state index contributed by atoms with van der Waals surface area (Å²) in [5, 5.41) is 12.1. The topological polar surface area (TPSA) is 49.3 Å².